The van der Waals surface area contributed by atoms with Gasteiger partial charge in [0, 0.05) is 0 Å². The van der Waals surface area contributed by atoms with E-state index in [0.29, 0.717) is 6.61 Å². The molecule has 1 unspecified atom stereocenters. The summed E-state index contributed by atoms with van der Waals surface area (Å²) in [7, 11) is -5.06. The van der Waals surface area contributed by atoms with Crippen LogP contribution in [0.5, 0.6) is 0 Å². The Morgan fingerprint density at radius 2 is 1.37 bits per heavy atom. The maximum atomic E-state index is 12.2. The molecule has 0 saturated heterocycles. The predicted octanol–water partition coefficient (Wildman–Crippen LogP) is 6.19. The zero-order chi connectivity index (χ0) is 22.1. The molecule has 0 bridgehead atoms. The van der Waals surface area contributed by atoms with Crippen LogP contribution in [0, 0.1) is 0 Å². The van der Waals surface area contributed by atoms with Gasteiger partial charge in [-0.1, -0.05) is 61.9 Å². The first kappa shape index (κ1) is 26.6. The molecule has 0 aliphatic rings. The fourth-order valence-electron chi connectivity index (χ4n) is 2.05. The van der Waals surface area contributed by atoms with Gasteiger partial charge in [-0.15, -0.1) is 13.9 Å². The van der Waals surface area contributed by atoms with Crippen LogP contribution < -0.4 is 5.30 Å². The van der Waals surface area contributed by atoms with Crippen molar-refractivity contribution in [2.45, 2.75) is 39.8 Å². The second-order valence-corrected chi connectivity index (χ2v) is 9.12. The molecule has 2 aromatic carbocycles. The molecule has 0 aliphatic carbocycles. The fraction of sp³-hybridized carbons (Fsp3) is 0.429. The van der Waals surface area contributed by atoms with E-state index in [9.17, 15) is 9.13 Å². The topological polar surface area (TPSA) is 80.3 Å². The average molecular weight is 457 g/mol. The quantitative estimate of drug-likeness (QED) is 0.154. The SMILES string of the molecule is CCCCO[P+](=O)c1ccccc1.CCOOP(=O)(Cc1ccccc1)OOCC. The maximum Gasteiger partial charge on any atom is 0.548 e. The number of benzene rings is 2. The van der Waals surface area contributed by atoms with Crippen molar-refractivity contribution in [3.8, 4) is 0 Å². The van der Waals surface area contributed by atoms with Gasteiger partial charge in [-0.2, -0.15) is 0 Å². The summed E-state index contributed by atoms with van der Waals surface area (Å²) >= 11 is 0. The lowest BCUT2D eigenvalue weighted by molar-refractivity contribution is -0.263. The van der Waals surface area contributed by atoms with Crippen molar-refractivity contribution in [2.75, 3.05) is 19.8 Å². The largest absolute Gasteiger partial charge is 0.548 e. The number of rotatable bonds is 13. The minimum Gasteiger partial charge on any atom is -0.255 e. The van der Waals surface area contributed by atoms with Gasteiger partial charge in [0.2, 0.25) is 5.30 Å². The Labute approximate surface area is 179 Å². The number of hydrogen-bond donors (Lipinski definition) is 0. The van der Waals surface area contributed by atoms with Crippen LogP contribution in [0.1, 0.15) is 39.2 Å². The molecule has 0 aromatic heterocycles. The molecule has 166 valence electrons. The lowest BCUT2D eigenvalue weighted by Gasteiger charge is -2.15. The molecule has 2 rings (SSSR count). The third-order valence-electron chi connectivity index (χ3n) is 3.46. The summed E-state index contributed by atoms with van der Waals surface area (Å²) in [5.41, 5.74) is 0.829. The summed E-state index contributed by atoms with van der Waals surface area (Å²) in [6, 6.07) is 18.5. The van der Waals surface area contributed by atoms with Crippen LogP contribution in [-0.4, -0.2) is 19.8 Å². The summed E-state index contributed by atoms with van der Waals surface area (Å²) in [6.45, 7) is 6.70. The molecule has 0 N–H and O–H groups in total. The molecule has 7 nitrogen and oxygen atoms in total. The van der Waals surface area contributed by atoms with E-state index in [2.05, 4.69) is 6.92 Å². The molecule has 2 aromatic rings. The molecule has 0 fully saturated rings. The van der Waals surface area contributed by atoms with Crippen LogP contribution in [0.15, 0.2) is 60.7 Å². The second-order valence-electron chi connectivity index (χ2n) is 6.00. The monoisotopic (exact) mass is 457 g/mol. The number of unbranched alkanes of at least 4 members (excludes halogenated alkanes) is 1. The van der Waals surface area contributed by atoms with E-state index in [1.807, 2.05) is 60.7 Å². The van der Waals surface area contributed by atoms with Gasteiger partial charge < -0.3 is 0 Å². The van der Waals surface area contributed by atoms with Gasteiger partial charge in [-0.3, -0.25) is 4.57 Å². The summed E-state index contributed by atoms with van der Waals surface area (Å²) in [5, 5.41) is 0.772. The summed E-state index contributed by atoms with van der Waals surface area (Å²) in [4.78, 5) is 9.40. The third kappa shape index (κ3) is 11.7. The van der Waals surface area contributed by atoms with Gasteiger partial charge in [0.1, 0.15) is 6.61 Å². The molecule has 0 aliphatic heterocycles. The molecular weight excluding hydrogens is 426 g/mol. The highest BCUT2D eigenvalue weighted by atomic mass is 31.2. The van der Waals surface area contributed by atoms with Crippen LogP contribution in [0.4, 0.5) is 0 Å². The maximum absolute atomic E-state index is 12.2. The zero-order valence-electron chi connectivity index (χ0n) is 17.8. The van der Waals surface area contributed by atoms with Gasteiger partial charge in [0.15, 0.2) is 0 Å². The molecule has 0 heterocycles. The van der Waals surface area contributed by atoms with Gasteiger partial charge in [-0.05, 0) is 42.5 Å². The Kier molecular flexibility index (Phi) is 14.4. The summed E-state index contributed by atoms with van der Waals surface area (Å²) in [6.07, 6.45) is 2.14. The van der Waals surface area contributed by atoms with E-state index >= 15 is 0 Å². The van der Waals surface area contributed by atoms with Crippen LogP contribution in [0.3, 0.4) is 0 Å². The van der Waals surface area contributed by atoms with Gasteiger partial charge in [-0.25, -0.2) is 9.78 Å². The fourth-order valence-corrected chi connectivity index (χ4v) is 4.23. The van der Waals surface area contributed by atoms with E-state index in [-0.39, 0.29) is 19.4 Å². The normalized spacial score (nSPS) is 11.5. The Hall–Kier alpha value is -1.43. The van der Waals surface area contributed by atoms with E-state index in [1.54, 1.807) is 13.8 Å². The van der Waals surface area contributed by atoms with Crippen LogP contribution in [0.2, 0.25) is 0 Å². The van der Waals surface area contributed by atoms with E-state index < -0.39 is 15.6 Å². The Bertz CT molecular complexity index is 730. The molecule has 1 atom stereocenters. The highest BCUT2D eigenvalue weighted by Gasteiger charge is 2.28. The van der Waals surface area contributed by atoms with Crippen molar-refractivity contribution in [1.82, 2.24) is 0 Å². The van der Waals surface area contributed by atoms with E-state index in [0.717, 1.165) is 23.7 Å². The van der Waals surface area contributed by atoms with Crippen molar-refractivity contribution >= 4 is 20.9 Å². The van der Waals surface area contributed by atoms with Gasteiger partial charge in [0.25, 0.3) is 0 Å². The minimum atomic E-state index is -3.42. The van der Waals surface area contributed by atoms with Crippen molar-refractivity contribution in [2.24, 2.45) is 0 Å². The molecule has 30 heavy (non-hydrogen) atoms. The first-order chi connectivity index (χ1) is 14.5. The zero-order valence-corrected chi connectivity index (χ0v) is 19.6. The second kappa shape index (κ2) is 16.3. The van der Waals surface area contributed by atoms with Crippen molar-refractivity contribution in [3.05, 3.63) is 66.2 Å². The molecule has 0 amide bonds. The third-order valence-corrected chi connectivity index (χ3v) is 6.02. The lowest BCUT2D eigenvalue weighted by atomic mass is 10.2. The summed E-state index contributed by atoms with van der Waals surface area (Å²) < 4.78 is 38.4. The minimum absolute atomic E-state index is 0.105. The standard InChI is InChI=1S/C11H17O5P.C10H14O2P/c1-3-13-15-17(12,16-14-4-2)10-11-8-6-5-7-9-11;1-2-3-9-12-13(11)10-7-5-4-6-8-10/h5-9H,3-4,10H2,1-2H3;4-8H,2-3,9H2,1H3/q;+1. The predicted molar refractivity (Wildman–Crippen MR) is 118 cm³/mol. The van der Waals surface area contributed by atoms with E-state index in [4.69, 9.17) is 23.6 Å². The Morgan fingerprint density at radius 1 is 0.833 bits per heavy atom. The van der Waals surface area contributed by atoms with Crippen molar-refractivity contribution in [3.63, 3.8) is 0 Å². The highest BCUT2D eigenvalue weighted by molar-refractivity contribution is 7.52. The molecular formula is C21H31O7P2+. The number of hydrogen-bond acceptors (Lipinski definition) is 7. The first-order valence-electron chi connectivity index (χ1n) is 9.95. The van der Waals surface area contributed by atoms with Crippen molar-refractivity contribution < 1.29 is 32.8 Å². The molecule has 0 saturated carbocycles. The average Bonchev–Trinajstić information content (AvgIpc) is 2.78. The lowest BCUT2D eigenvalue weighted by Crippen LogP contribution is -2.01. The first-order valence-corrected chi connectivity index (χ1v) is 12.9. The van der Waals surface area contributed by atoms with E-state index in [1.165, 1.54) is 0 Å². The van der Waals surface area contributed by atoms with Crippen LogP contribution in [-0.2, 0) is 38.9 Å². The van der Waals surface area contributed by atoms with Gasteiger partial charge in [0.05, 0.1) is 19.4 Å². The Morgan fingerprint density at radius 3 is 1.87 bits per heavy atom. The smallest absolute Gasteiger partial charge is 0.255 e. The Balaban J connectivity index is 0.000000311. The van der Waals surface area contributed by atoms with Gasteiger partial charge >= 0.3 is 15.6 Å². The summed E-state index contributed by atoms with van der Waals surface area (Å²) in [5.74, 6) is 0. The van der Waals surface area contributed by atoms with Crippen molar-refractivity contribution in [1.29, 1.82) is 0 Å². The molecule has 9 heteroatoms. The highest BCUT2D eigenvalue weighted by Crippen LogP contribution is 2.51. The van der Waals surface area contributed by atoms with Crippen LogP contribution >= 0.6 is 15.6 Å². The molecule has 0 spiro atoms. The molecule has 0 radical (unpaired) electrons. The van der Waals surface area contributed by atoms with Crippen LogP contribution in [0.25, 0.3) is 0 Å².